The Kier molecular flexibility index (Phi) is 4.48. The predicted molar refractivity (Wildman–Crippen MR) is 83.2 cm³/mol. The van der Waals surface area contributed by atoms with Crippen LogP contribution in [0.1, 0.15) is 60.8 Å². The summed E-state index contributed by atoms with van der Waals surface area (Å²) >= 11 is 0. The van der Waals surface area contributed by atoms with Crippen molar-refractivity contribution in [1.82, 2.24) is 10.2 Å². The average molecular weight is 280 g/mol. The number of hydrogen-bond acceptors (Lipinski definition) is 2. The summed E-state index contributed by atoms with van der Waals surface area (Å²) < 4.78 is 0. The highest BCUT2D eigenvalue weighted by Crippen LogP contribution is 2.52. The van der Waals surface area contributed by atoms with Crippen LogP contribution in [0.15, 0.2) is 0 Å². The van der Waals surface area contributed by atoms with Crippen molar-refractivity contribution in [1.29, 1.82) is 0 Å². The molecule has 0 aromatic heterocycles. The van der Waals surface area contributed by atoms with Gasteiger partial charge in [-0.2, -0.15) is 0 Å². The predicted octanol–water partition coefficient (Wildman–Crippen LogP) is 3.25. The highest BCUT2D eigenvalue weighted by Gasteiger charge is 2.49. The fourth-order valence-corrected chi connectivity index (χ4v) is 3.37. The van der Waals surface area contributed by atoms with Crippen molar-refractivity contribution in [2.75, 3.05) is 6.54 Å². The van der Waals surface area contributed by atoms with E-state index in [0.717, 1.165) is 19.4 Å². The van der Waals surface area contributed by atoms with Crippen molar-refractivity contribution >= 4 is 5.91 Å². The zero-order valence-corrected chi connectivity index (χ0v) is 14.1. The number of rotatable bonds is 6. The molecule has 0 radical (unpaired) electrons. The lowest BCUT2D eigenvalue weighted by atomic mass is 10.0. The summed E-state index contributed by atoms with van der Waals surface area (Å²) in [5.41, 5.74) is 0.443. The number of carbonyl (C=O) groups is 1. The SMILES string of the molecule is CC(C)CC1NC(CC(C)C)N(CC2CC2(C)C)C1=O. The molecule has 0 aromatic carbocycles. The van der Waals surface area contributed by atoms with Gasteiger partial charge >= 0.3 is 0 Å². The van der Waals surface area contributed by atoms with Gasteiger partial charge in [-0.15, -0.1) is 0 Å². The summed E-state index contributed by atoms with van der Waals surface area (Å²) in [4.78, 5) is 14.8. The van der Waals surface area contributed by atoms with Crippen LogP contribution in [0.2, 0.25) is 0 Å². The van der Waals surface area contributed by atoms with Gasteiger partial charge < -0.3 is 4.90 Å². The maximum atomic E-state index is 12.7. The van der Waals surface area contributed by atoms with Gasteiger partial charge in [0.1, 0.15) is 0 Å². The Morgan fingerprint density at radius 2 is 1.75 bits per heavy atom. The molecule has 1 aliphatic heterocycles. The summed E-state index contributed by atoms with van der Waals surface area (Å²) in [5, 5.41) is 3.59. The first-order chi connectivity index (χ1) is 9.20. The molecule has 3 nitrogen and oxygen atoms in total. The Morgan fingerprint density at radius 1 is 1.20 bits per heavy atom. The molecule has 0 bridgehead atoms. The molecular weight excluding hydrogens is 248 g/mol. The molecule has 2 fully saturated rings. The molecule has 2 aliphatic rings. The van der Waals surface area contributed by atoms with E-state index in [1.54, 1.807) is 0 Å². The van der Waals surface area contributed by atoms with Gasteiger partial charge in [0.25, 0.3) is 0 Å². The molecule has 1 saturated carbocycles. The van der Waals surface area contributed by atoms with Crippen molar-refractivity contribution in [3.05, 3.63) is 0 Å². The number of hydrogen-bond donors (Lipinski definition) is 1. The lowest BCUT2D eigenvalue weighted by Crippen LogP contribution is -2.40. The van der Waals surface area contributed by atoms with Crippen molar-refractivity contribution < 1.29 is 4.79 Å². The maximum Gasteiger partial charge on any atom is 0.241 e. The quantitative estimate of drug-likeness (QED) is 0.810. The number of amides is 1. The van der Waals surface area contributed by atoms with Gasteiger partial charge in [0.05, 0.1) is 12.2 Å². The Hall–Kier alpha value is -0.570. The van der Waals surface area contributed by atoms with E-state index in [9.17, 15) is 4.79 Å². The van der Waals surface area contributed by atoms with E-state index in [4.69, 9.17) is 0 Å². The van der Waals surface area contributed by atoms with Gasteiger partial charge in [-0.1, -0.05) is 41.5 Å². The minimum Gasteiger partial charge on any atom is -0.325 e. The van der Waals surface area contributed by atoms with Gasteiger partial charge in [-0.25, -0.2) is 0 Å². The third kappa shape index (κ3) is 3.55. The van der Waals surface area contributed by atoms with E-state index in [-0.39, 0.29) is 12.2 Å². The smallest absolute Gasteiger partial charge is 0.241 e. The van der Waals surface area contributed by atoms with Crippen LogP contribution < -0.4 is 5.32 Å². The highest BCUT2D eigenvalue weighted by molar-refractivity contribution is 5.84. The van der Waals surface area contributed by atoms with Crippen LogP contribution in [0.4, 0.5) is 0 Å². The van der Waals surface area contributed by atoms with Crippen LogP contribution in [0, 0.1) is 23.2 Å². The zero-order valence-electron chi connectivity index (χ0n) is 14.1. The molecule has 116 valence electrons. The van der Waals surface area contributed by atoms with Gasteiger partial charge in [-0.3, -0.25) is 10.1 Å². The summed E-state index contributed by atoms with van der Waals surface area (Å²) in [5.74, 6) is 2.22. The lowest BCUT2D eigenvalue weighted by Gasteiger charge is -2.26. The van der Waals surface area contributed by atoms with E-state index < -0.39 is 0 Å². The Bertz CT molecular complexity index is 362. The summed E-state index contributed by atoms with van der Waals surface area (Å²) in [7, 11) is 0. The third-order valence-corrected chi connectivity index (χ3v) is 4.89. The maximum absolute atomic E-state index is 12.7. The Balaban J connectivity index is 2.02. The number of nitrogens with one attached hydrogen (secondary N) is 1. The molecule has 0 spiro atoms. The van der Waals surface area contributed by atoms with Crippen molar-refractivity contribution in [3.8, 4) is 0 Å². The summed E-state index contributed by atoms with van der Waals surface area (Å²) in [6.45, 7) is 14.4. The zero-order chi connectivity index (χ0) is 15.1. The van der Waals surface area contributed by atoms with Crippen LogP contribution >= 0.6 is 0 Å². The average Bonchev–Trinajstić information content (AvgIpc) is 2.80. The molecular formula is C17H32N2O. The van der Waals surface area contributed by atoms with Gasteiger partial charge in [0.2, 0.25) is 5.91 Å². The molecule has 2 rings (SSSR count). The highest BCUT2D eigenvalue weighted by atomic mass is 16.2. The molecule has 3 unspecified atom stereocenters. The second-order valence-corrected chi connectivity index (χ2v) is 8.37. The Morgan fingerprint density at radius 3 is 2.20 bits per heavy atom. The molecule has 1 saturated heterocycles. The molecule has 0 aromatic rings. The van der Waals surface area contributed by atoms with Crippen molar-refractivity contribution in [3.63, 3.8) is 0 Å². The minimum absolute atomic E-state index is 0.0422. The van der Waals surface area contributed by atoms with Gasteiger partial charge in [0, 0.05) is 6.54 Å². The van der Waals surface area contributed by atoms with E-state index in [1.165, 1.54) is 6.42 Å². The van der Waals surface area contributed by atoms with Crippen LogP contribution in [0.3, 0.4) is 0 Å². The standard InChI is InChI=1S/C17H32N2O/c1-11(2)7-14-16(20)19(10-13-9-17(13,5)6)15(18-14)8-12(3)4/h11-15,18H,7-10H2,1-6H3. The van der Waals surface area contributed by atoms with Crippen LogP contribution in [0.5, 0.6) is 0 Å². The first-order valence-electron chi connectivity index (χ1n) is 8.27. The molecule has 1 amide bonds. The summed E-state index contributed by atoms with van der Waals surface area (Å²) in [6.07, 6.45) is 3.54. The third-order valence-electron chi connectivity index (χ3n) is 4.89. The number of carbonyl (C=O) groups excluding carboxylic acids is 1. The normalized spacial score (nSPS) is 32.5. The van der Waals surface area contributed by atoms with Crippen molar-refractivity contribution in [2.45, 2.75) is 73.0 Å². The second kappa shape index (κ2) is 5.67. The lowest BCUT2D eigenvalue weighted by molar-refractivity contribution is -0.130. The molecule has 1 aliphatic carbocycles. The first kappa shape index (κ1) is 15.8. The van der Waals surface area contributed by atoms with Gasteiger partial charge in [-0.05, 0) is 42.4 Å². The van der Waals surface area contributed by atoms with E-state index >= 15 is 0 Å². The summed E-state index contributed by atoms with van der Waals surface area (Å²) in [6, 6.07) is 0.0422. The first-order valence-corrected chi connectivity index (χ1v) is 8.27. The van der Waals surface area contributed by atoms with Crippen LogP contribution in [0.25, 0.3) is 0 Å². The fourth-order valence-electron chi connectivity index (χ4n) is 3.37. The van der Waals surface area contributed by atoms with E-state index in [0.29, 0.717) is 29.1 Å². The fraction of sp³-hybridized carbons (Fsp3) is 0.941. The van der Waals surface area contributed by atoms with Gasteiger partial charge in [0.15, 0.2) is 0 Å². The molecule has 3 atom stereocenters. The number of nitrogens with zero attached hydrogens (tertiary/aromatic N) is 1. The monoisotopic (exact) mass is 280 g/mol. The second-order valence-electron chi connectivity index (χ2n) is 8.37. The Labute approximate surface area is 124 Å². The van der Waals surface area contributed by atoms with Crippen LogP contribution in [-0.2, 0) is 4.79 Å². The van der Waals surface area contributed by atoms with E-state index in [2.05, 4.69) is 51.8 Å². The molecule has 1 N–H and O–H groups in total. The molecule has 20 heavy (non-hydrogen) atoms. The molecule has 1 heterocycles. The van der Waals surface area contributed by atoms with E-state index in [1.807, 2.05) is 0 Å². The molecule has 3 heteroatoms. The topological polar surface area (TPSA) is 32.3 Å². The van der Waals surface area contributed by atoms with Crippen LogP contribution in [-0.4, -0.2) is 29.6 Å². The van der Waals surface area contributed by atoms with Crippen molar-refractivity contribution in [2.24, 2.45) is 23.2 Å². The minimum atomic E-state index is 0.0422. The largest absolute Gasteiger partial charge is 0.325 e.